The SMILES string of the molecule is CCO[C@@H]1[C@@H](OC)[C@H](C)OC(O[C@@H]2C[C@H]3CC[C@@H]4[C@@H](C=C5C(=O)[C@H](C)[C@@H](O[C@H]6CC[C@H](N(C)C)[C@@H](C)O6)CCC[C@H](CC)OC(=O)C[C@H]54)[C@@H]3C2)[C@@H]1OC. The predicted molar refractivity (Wildman–Crippen MR) is 199 cm³/mol. The van der Waals surface area contributed by atoms with E-state index in [1.807, 2.05) is 20.8 Å². The van der Waals surface area contributed by atoms with Gasteiger partial charge in [-0.1, -0.05) is 19.9 Å². The van der Waals surface area contributed by atoms with E-state index in [9.17, 15) is 9.59 Å². The Morgan fingerprint density at radius 1 is 0.830 bits per heavy atom. The average molecular weight is 748 g/mol. The van der Waals surface area contributed by atoms with Gasteiger partial charge in [0.1, 0.15) is 24.4 Å². The molecular formula is C42H69NO10. The summed E-state index contributed by atoms with van der Waals surface area (Å²) in [5, 5.41) is 0. The van der Waals surface area contributed by atoms with Crippen LogP contribution in [0.4, 0.5) is 0 Å². The smallest absolute Gasteiger partial charge is 0.306 e. The summed E-state index contributed by atoms with van der Waals surface area (Å²) in [5.41, 5.74) is 0.816. The van der Waals surface area contributed by atoms with Gasteiger partial charge in [0.15, 0.2) is 18.4 Å². The molecule has 0 aromatic carbocycles. The van der Waals surface area contributed by atoms with E-state index in [1.54, 1.807) is 14.2 Å². The van der Waals surface area contributed by atoms with Crippen LogP contribution in [-0.2, 0) is 47.5 Å². The van der Waals surface area contributed by atoms with Crippen LogP contribution in [0.1, 0.15) is 105 Å². The van der Waals surface area contributed by atoms with Gasteiger partial charge in [0.2, 0.25) is 0 Å². The number of nitrogens with zero attached hydrogens (tertiary/aromatic N) is 1. The molecule has 3 aliphatic heterocycles. The van der Waals surface area contributed by atoms with Crippen molar-refractivity contribution in [2.24, 2.45) is 35.5 Å². The molecule has 17 atom stereocenters. The van der Waals surface area contributed by atoms with E-state index in [0.717, 1.165) is 69.8 Å². The van der Waals surface area contributed by atoms with Crippen LogP contribution in [0, 0.1) is 35.5 Å². The van der Waals surface area contributed by atoms with E-state index >= 15 is 0 Å². The molecule has 3 aliphatic carbocycles. The molecule has 302 valence electrons. The van der Waals surface area contributed by atoms with E-state index in [2.05, 4.69) is 38.9 Å². The molecule has 5 fully saturated rings. The van der Waals surface area contributed by atoms with Gasteiger partial charge in [-0.3, -0.25) is 9.59 Å². The maximum absolute atomic E-state index is 14.7. The van der Waals surface area contributed by atoms with Crippen LogP contribution in [0.5, 0.6) is 0 Å². The molecule has 0 bridgehead atoms. The summed E-state index contributed by atoms with van der Waals surface area (Å²) in [6, 6.07) is 0.345. The summed E-state index contributed by atoms with van der Waals surface area (Å²) in [6.07, 6.45) is 8.81. The Morgan fingerprint density at radius 3 is 2.28 bits per heavy atom. The lowest BCUT2D eigenvalue weighted by molar-refractivity contribution is -0.317. The van der Waals surface area contributed by atoms with Crippen molar-refractivity contribution >= 4 is 11.8 Å². The molecule has 11 nitrogen and oxygen atoms in total. The first-order valence-electron chi connectivity index (χ1n) is 20.9. The number of Topliss-reactive ketones (excluding diaryl/α,β-unsaturated/α-hetero) is 1. The number of hydrogen-bond acceptors (Lipinski definition) is 11. The Labute approximate surface area is 318 Å². The number of fused-ring (bicyclic) bond motifs is 5. The van der Waals surface area contributed by atoms with Crippen LogP contribution < -0.4 is 0 Å². The molecule has 6 aliphatic rings. The van der Waals surface area contributed by atoms with Gasteiger partial charge in [0.25, 0.3) is 0 Å². The highest BCUT2D eigenvalue weighted by Gasteiger charge is 2.54. The minimum atomic E-state index is -0.568. The van der Waals surface area contributed by atoms with Crippen molar-refractivity contribution in [3.05, 3.63) is 11.6 Å². The Hall–Kier alpha value is -1.44. The molecule has 3 saturated heterocycles. The highest BCUT2D eigenvalue weighted by Crippen LogP contribution is 2.57. The average Bonchev–Trinajstić information content (AvgIpc) is 3.70. The third-order valence-corrected chi connectivity index (χ3v) is 13.8. The molecule has 0 N–H and O–H groups in total. The fraction of sp³-hybridized carbons (Fsp3) is 0.905. The zero-order valence-electron chi connectivity index (χ0n) is 33.9. The lowest BCUT2D eigenvalue weighted by Crippen LogP contribution is -2.60. The number of hydrogen-bond donors (Lipinski definition) is 0. The quantitative estimate of drug-likeness (QED) is 0.242. The third-order valence-electron chi connectivity index (χ3n) is 13.8. The Bertz CT molecular complexity index is 1260. The minimum absolute atomic E-state index is 0.00218. The summed E-state index contributed by atoms with van der Waals surface area (Å²) >= 11 is 0. The first-order valence-corrected chi connectivity index (χ1v) is 20.9. The summed E-state index contributed by atoms with van der Waals surface area (Å²) < 4.78 is 50.2. The van der Waals surface area contributed by atoms with Gasteiger partial charge in [-0.05, 0) is 128 Å². The fourth-order valence-electron chi connectivity index (χ4n) is 11.1. The Balaban J connectivity index is 1.20. The molecule has 0 aromatic rings. The van der Waals surface area contributed by atoms with Crippen LogP contribution in [-0.4, -0.2) is 119 Å². The van der Waals surface area contributed by atoms with E-state index < -0.39 is 12.4 Å². The third kappa shape index (κ3) is 8.93. The van der Waals surface area contributed by atoms with Crippen molar-refractivity contribution < 1.29 is 47.5 Å². The van der Waals surface area contributed by atoms with Crippen molar-refractivity contribution in [2.75, 3.05) is 34.9 Å². The lowest BCUT2D eigenvalue weighted by atomic mass is 9.66. The van der Waals surface area contributed by atoms with E-state index in [4.69, 9.17) is 37.9 Å². The first kappa shape index (κ1) is 41.2. The molecule has 0 amide bonds. The maximum Gasteiger partial charge on any atom is 0.306 e. The number of cyclic esters (lactones) is 1. The van der Waals surface area contributed by atoms with Crippen LogP contribution in [0.3, 0.4) is 0 Å². The second-order valence-corrected chi connectivity index (χ2v) is 17.1. The second-order valence-electron chi connectivity index (χ2n) is 17.1. The summed E-state index contributed by atoms with van der Waals surface area (Å²) in [6.45, 7) is 10.7. The minimum Gasteiger partial charge on any atom is -0.462 e. The monoisotopic (exact) mass is 747 g/mol. The zero-order chi connectivity index (χ0) is 38.0. The molecule has 0 spiro atoms. The van der Waals surface area contributed by atoms with Crippen LogP contribution >= 0.6 is 0 Å². The highest BCUT2D eigenvalue weighted by molar-refractivity contribution is 5.99. The number of ketones is 1. The normalized spacial score (nSPS) is 45.4. The van der Waals surface area contributed by atoms with Gasteiger partial charge in [0.05, 0.1) is 30.8 Å². The van der Waals surface area contributed by atoms with Crippen molar-refractivity contribution in [3.63, 3.8) is 0 Å². The molecule has 3 heterocycles. The highest BCUT2D eigenvalue weighted by atomic mass is 16.7. The Kier molecular flexibility index (Phi) is 14.2. The van der Waals surface area contributed by atoms with Gasteiger partial charge in [-0.2, -0.15) is 0 Å². The number of carbonyl (C=O) groups excluding carboxylic acids is 2. The van der Waals surface area contributed by atoms with Crippen molar-refractivity contribution in [2.45, 2.75) is 173 Å². The van der Waals surface area contributed by atoms with Crippen LogP contribution in [0.25, 0.3) is 0 Å². The molecule has 11 heteroatoms. The fourth-order valence-corrected chi connectivity index (χ4v) is 11.1. The second kappa shape index (κ2) is 18.2. The van der Waals surface area contributed by atoms with Crippen LogP contribution in [0.15, 0.2) is 11.6 Å². The predicted octanol–water partition coefficient (Wildman–Crippen LogP) is 6.10. The molecule has 2 saturated carbocycles. The number of rotatable bonds is 10. The molecule has 0 radical (unpaired) electrons. The van der Waals surface area contributed by atoms with Gasteiger partial charge >= 0.3 is 5.97 Å². The lowest BCUT2D eigenvalue weighted by Gasteiger charge is -2.44. The first-order chi connectivity index (χ1) is 25.5. The molecule has 1 unspecified atom stereocenters. The van der Waals surface area contributed by atoms with Crippen molar-refractivity contribution in [1.29, 1.82) is 0 Å². The van der Waals surface area contributed by atoms with Gasteiger partial charge < -0.3 is 42.8 Å². The molecule has 6 rings (SSSR count). The summed E-state index contributed by atoms with van der Waals surface area (Å²) in [7, 11) is 7.55. The van der Waals surface area contributed by atoms with Gasteiger partial charge in [-0.15, -0.1) is 0 Å². The van der Waals surface area contributed by atoms with E-state index in [1.165, 1.54) is 0 Å². The molecular weight excluding hydrogens is 678 g/mol. The number of carbonyl (C=O) groups is 2. The van der Waals surface area contributed by atoms with Crippen LogP contribution in [0.2, 0.25) is 0 Å². The largest absolute Gasteiger partial charge is 0.462 e. The van der Waals surface area contributed by atoms with E-state index in [0.29, 0.717) is 24.5 Å². The standard InChI is InChI=1S/C42H69NO10/c1-10-27-13-12-14-35(53-37-18-17-34(43(6)7)24(4)49-37)23(3)38(45)33-21-31-29(32(33)22-36(44)51-27)16-15-26-19-28(20-30(26)31)52-42-41(47-9)40(48-11-2)39(46-8)25(5)50-42/h21,23-32,34-35,37,39-42H,10-20,22H2,1-9H3/t23-,24-,25+,26-,27+,28-,29-,30-,31-,32+,34+,35+,37+,39+,40-,41-,42?/m1/s1. The van der Waals surface area contributed by atoms with Gasteiger partial charge in [0, 0.05) is 38.7 Å². The van der Waals surface area contributed by atoms with Crippen molar-refractivity contribution in [3.8, 4) is 0 Å². The number of esters is 1. The van der Waals surface area contributed by atoms with Crippen molar-refractivity contribution in [1.82, 2.24) is 4.90 Å². The van der Waals surface area contributed by atoms with Gasteiger partial charge in [-0.25, -0.2) is 0 Å². The summed E-state index contributed by atoms with van der Waals surface area (Å²) in [5.74, 6) is 0.733. The molecule has 0 aromatic heterocycles. The number of ether oxygens (including phenoxy) is 8. The number of likely N-dealkylation sites (N-methyl/N-ethyl adjacent to an activating group) is 1. The summed E-state index contributed by atoms with van der Waals surface area (Å²) in [4.78, 5) is 30.5. The number of methoxy groups -OCH3 is 2. The number of allylic oxidation sites excluding steroid dienone is 2. The molecule has 53 heavy (non-hydrogen) atoms. The maximum atomic E-state index is 14.7. The topological polar surface area (TPSA) is 111 Å². The Morgan fingerprint density at radius 2 is 1.60 bits per heavy atom. The van der Waals surface area contributed by atoms with E-state index in [-0.39, 0.29) is 90.9 Å². The zero-order valence-corrected chi connectivity index (χ0v) is 33.9.